The van der Waals surface area contributed by atoms with E-state index in [2.05, 4.69) is 5.73 Å². The number of hydrogen-bond donors (Lipinski definition) is 1. The average Bonchev–Trinajstić information content (AvgIpc) is 1.59. The van der Waals surface area contributed by atoms with Crippen LogP contribution in [0.3, 0.4) is 0 Å². The molecule has 0 aliphatic rings. The summed E-state index contributed by atoms with van der Waals surface area (Å²) < 4.78 is 32.1. The average molecular weight is 172 g/mol. The molecule has 0 saturated carbocycles. The van der Waals surface area contributed by atoms with E-state index in [4.69, 9.17) is 4.79 Å². The molecule has 0 heterocycles. The van der Waals surface area contributed by atoms with E-state index in [0.29, 0.717) is 0 Å². The van der Waals surface area contributed by atoms with Crippen LogP contribution in [-0.2, 0) is 4.79 Å². The topological polar surface area (TPSA) is 46.3 Å². The molecular weight excluding hydrogens is 161 g/mol. The van der Waals surface area contributed by atoms with Crippen LogP contribution in [0.25, 0.3) is 0 Å². The first-order chi connectivity index (χ1) is 4.68. The van der Waals surface area contributed by atoms with Gasteiger partial charge >= 0.3 is 12.1 Å². The van der Waals surface area contributed by atoms with Gasteiger partial charge in [-0.1, -0.05) is 0 Å². The predicted octanol–water partition coefficient (Wildman–Crippen LogP) is 0.212. The lowest BCUT2D eigenvalue weighted by molar-refractivity contribution is -0.169. The second-order valence-corrected chi connectivity index (χ2v) is 2.20. The van der Waals surface area contributed by atoms with E-state index in [1.54, 1.807) is 0 Å². The Morgan fingerprint density at radius 1 is 1.27 bits per heavy atom. The van der Waals surface area contributed by atoms with Crippen LogP contribution in [0, 0.1) is 0 Å². The highest BCUT2D eigenvalue weighted by Crippen LogP contribution is 2.11. The summed E-state index contributed by atoms with van der Waals surface area (Å²) in [5.41, 5.74) is 3.81. The Morgan fingerprint density at radius 2 is 1.36 bits per heavy atom. The molecule has 0 rings (SSSR count). The number of hydrogen-bond acceptors (Lipinski definition) is 2. The maximum Gasteiger partial charge on any atom is 0.470 e. The van der Waals surface area contributed by atoms with Gasteiger partial charge in [0.15, 0.2) is 0 Å². The van der Waals surface area contributed by atoms with Gasteiger partial charge in [0.2, 0.25) is 0 Å². The first kappa shape index (κ1) is 12.9. The van der Waals surface area contributed by atoms with Crippen molar-refractivity contribution in [2.45, 2.75) is 6.18 Å². The summed E-state index contributed by atoms with van der Waals surface area (Å²) in [4.78, 5) is 11.1. The molecule has 1 amide bonds. The molecule has 0 aliphatic heterocycles. The second-order valence-electron chi connectivity index (χ2n) is 2.20. The van der Waals surface area contributed by atoms with Crippen LogP contribution in [0.5, 0.6) is 0 Å². The normalized spacial score (nSPS) is 10.5. The summed E-state index contributed by atoms with van der Waals surface area (Å²) in [5.74, 6) is -2.26. The van der Waals surface area contributed by atoms with E-state index in [0.717, 1.165) is 0 Å². The fourth-order valence-corrected chi connectivity index (χ4v) is 0. The van der Waals surface area contributed by atoms with Gasteiger partial charge in [-0.2, -0.15) is 13.2 Å². The molecule has 0 aromatic carbocycles. The molecule has 0 saturated heterocycles. The molecular formula is C5H11F3N2O. The Hall–Kier alpha value is -0.780. The van der Waals surface area contributed by atoms with Crippen molar-refractivity contribution in [1.82, 2.24) is 4.90 Å². The molecule has 0 bridgehead atoms. The van der Waals surface area contributed by atoms with Crippen LogP contribution >= 0.6 is 0 Å². The van der Waals surface area contributed by atoms with Gasteiger partial charge in [-0.15, -0.1) is 0 Å². The van der Waals surface area contributed by atoms with E-state index in [1.165, 1.54) is 0 Å². The number of nitrogens with zero attached hydrogens (tertiary/aromatic N) is 1. The van der Waals surface area contributed by atoms with Gasteiger partial charge in [-0.05, 0) is 21.1 Å². The quantitative estimate of drug-likeness (QED) is 0.567. The van der Waals surface area contributed by atoms with Gasteiger partial charge in [-0.25, -0.2) is 0 Å². The molecule has 0 spiro atoms. The third-order valence-electron chi connectivity index (χ3n) is 0.279. The fourth-order valence-electron chi connectivity index (χ4n) is 0. The number of halogens is 3. The molecule has 0 unspecified atom stereocenters. The number of amides is 1. The maximum atomic E-state index is 10.7. The lowest BCUT2D eigenvalue weighted by Crippen LogP contribution is -2.30. The van der Waals surface area contributed by atoms with E-state index in [1.807, 2.05) is 26.0 Å². The van der Waals surface area contributed by atoms with Crippen LogP contribution < -0.4 is 5.73 Å². The third kappa shape index (κ3) is 17.6. The predicted molar refractivity (Wildman–Crippen MR) is 34.9 cm³/mol. The summed E-state index contributed by atoms with van der Waals surface area (Å²) in [6.07, 6.45) is -4.86. The van der Waals surface area contributed by atoms with Gasteiger partial charge < -0.3 is 10.6 Å². The molecule has 68 valence electrons. The zero-order valence-corrected chi connectivity index (χ0v) is 6.57. The van der Waals surface area contributed by atoms with E-state index < -0.39 is 12.1 Å². The van der Waals surface area contributed by atoms with E-state index >= 15 is 0 Å². The van der Waals surface area contributed by atoms with Crippen LogP contribution in [0.15, 0.2) is 0 Å². The summed E-state index contributed by atoms with van der Waals surface area (Å²) in [6.45, 7) is 0. The summed E-state index contributed by atoms with van der Waals surface area (Å²) in [6, 6.07) is 0. The molecule has 0 aromatic heterocycles. The van der Waals surface area contributed by atoms with Crippen LogP contribution in [0.2, 0.25) is 0 Å². The lowest BCUT2D eigenvalue weighted by atomic mass is 10.6. The Balaban J connectivity index is 0. The van der Waals surface area contributed by atoms with Crippen LogP contribution in [0.4, 0.5) is 13.2 Å². The zero-order valence-electron chi connectivity index (χ0n) is 6.57. The standard InChI is InChI=1S/C3H9N.C2H2F3NO/c1-4(2)3;3-2(4,5)1(6)7/h1-3H3;(H2,6,7). The van der Waals surface area contributed by atoms with Gasteiger partial charge in [0.25, 0.3) is 0 Å². The van der Waals surface area contributed by atoms with Gasteiger partial charge in [0, 0.05) is 0 Å². The van der Waals surface area contributed by atoms with Crippen molar-refractivity contribution >= 4 is 5.91 Å². The van der Waals surface area contributed by atoms with Crippen molar-refractivity contribution in [3.05, 3.63) is 0 Å². The second kappa shape index (κ2) is 4.95. The third-order valence-corrected chi connectivity index (χ3v) is 0.279. The molecule has 2 N–H and O–H groups in total. The number of carbonyl (C=O) groups is 1. The van der Waals surface area contributed by atoms with Gasteiger partial charge in [0.1, 0.15) is 0 Å². The summed E-state index contributed by atoms with van der Waals surface area (Å²) in [5, 5.41) is 0. The van der Waals surface area contributed by atoms with E-state index in [9.17, 15) is 13.2 Å². The zero-order chi connectivity index (χ0) is 9.65. The van der Waals surface area contributed by atoms with Crippen molar-refractivity contribution in [2.24, 2.45) is 5.73 Å². The monoisotopic (exact) mass is 172 g/mol. The van der Waals surface area contributed by atoms with Crippen LogP contribution in [0.1, 0.15) is 0 Å². The van der Waals surface area contributed by atoms with Gasteiger partial charge in [0.05, 0.1) is 0 Å². The first-order valence-corrected chi connectivity index (χ1v) is 2.65. The number of nitrogens with two attached hydrogens (primary N) is 1. The molecule has 0 atom stereocenters. The molecule has 0 aromatic rings. The van der Waals surface area contributed by atoms with Crippen molar-refractivity contribution < 1.29 is 18.0 Å². The maximum absolute atomic E-state index is 10.7. The van der Waals surface area contributed by atoms with Crippen molar-refractivity contribution in [2.75, 3.05) is 21.1 Å². The molecule has 6 heteroatoms. The first-order valence-electron chi connectivity index (χ1n) is 2.65. The Bertz CT molecular complexity index is 119. The molecule has 11 heavy (non-hydrogen) atoms. The number of carbonyl (C=O) groups excluding carboxylic acids is 1. The minimum Gasteiger partial charge on any atom is -0.362 e. The van der Waals surface area contributed by atoms with Crippen molar-refractivity contribution in [1.29, 1.82) is 0 Å². The van der Waals surface area contributed by atoms with Gasteiger partial charge in [-0.3, -0.25) is 4.79 Å². The van der Waals surface area contributed by atoms with Crippen LogP contribution in [-0.4, -0.2) is 38.1 Å². The minimum absolute atomic E-state index is 2.00. The molecule has 0 aliphatic carbocycles. The number of primary amides is 1. The van der Waals surface area contributed by atoms with Crippen molar-refractivity contribution in [3.63, 3.8) is 0 Å². The Labute approximate surface area is 63.0 Å². The minimum atomic E-state index is -4.86. The number of alkyl halides is 3. The SMILES string of the molecule is CN(C)C.NC(=O)C(F)(F)F. The summed E-state index contributed by atoms with van der Waals surface area (Å²) in [7, 11) is 6.00. The molecule has 3 nitrogen and oxygen atoms in total. The van der Waals surface area contributed by atoms with Crippen molar-refractivity contribution in [3.8, 4) is 0 Å². The number of rotatable bonds is 0. The summed E-state index contributed by atoms with van der Waals surface area (Å²) >= 11 is 0. The smallest absolute Gasteiger partial charge is 0.362 e. The molecule has 0 radical (unpaired) electrons. The molecule has 0 fully saturated rings. The fraction of sp³-hybridized carbons (Fsp3) is 0.800. The highest BCUT2D eigenvalue weighted by Gasteiger charge is 2.35. The Morgan fingerprint density at radius 3 is 1.36 bits per heavy atom. The Kier molecular flexibility index (Phi) is 5.78. The largest absolute Gasteiger partial charge is 0.470 e. The highest BCUT2D eigenvalue weighted by molar-refractivity contribution is 5.79. The lowest BCUT2D eigenvalue weighted by Gasteiger charge is -1.95. The van der Waals surface area contributed by atoms with E-state index in [-0.39, 0.29) is 0 Å². The highest BCUT2D eigenvalue weighted by atomic mass is 19.4.